The van der Waals surface area contributed by atoms with Crippen LogP contribution >= 0.6 is 0 Å². The lowest BCUT2D eigenvalue weighted by molar-refractivity contribution is -0.418. The minimum atomic E-state index is -0.917. The molecule has 0 radical (unpaired) electrons. The third kappa shape index (κ3) is 4.00. The number of rotatable bonds is 4. The van der Waals surface area contributed by atoms with Crippen molar-refractivity contribution in [1.82, 2.24) is 0 Å². The molecule has 0 fully saturated rings. The van der Waals surface area contributed by atoms with Crippen LogP contribution in [0.4, 0.5) is 0 Å². The van der Waals surface area contributed by atoms with Gasteiger partial charge >= 0.3 is 11.7 Å². The van der Waals surface area contributed by atoms with Crippen LogP contribution in [-0.2, 0) is 14.3 Å². The van der Waals surface area contributed by atoms with Gasteiger partial charge in [-0.05, 0) is 6.92 Å². The normalized spacial score (nSPS) is 10.8. The largest absolute Gasteiger partial charge is 0.463 e. The highest BCUT2D eigenvalue weighted by Gasteiger charge is 2.19. The SMILES string of the molecule is CCOC(=O)C=C(C(C)=O)[N+](=O)[O-]. The summed E-state index contributed by atoms with van der Waals surface area (Å²) in [4.78, 5) is 30.6. The summed E-state index contributed by atoms with van der Waals surface area (Å²) in [5.41, 5.74) is -0.765. The number of ether oxygens (including phenoxy) is 1. The maximum atomic E-state index is 10.7. The molecular weight excluding hydrogens is 178 g/mol. The molecule has 0 bridgehead atoms. The molecule has 0 saturated heterocycles. The highest BCUT2D eigenvalue weighted by atomic mass is 16.6. The molecule has 0 aromatic rings. The summed E-state index contributed by atoms with van der Waals surface area (Å²) in [5, 5.41) is 10.2. The average Bonchev–Trinajstić information content (AvgIpc) is 1.99. The molecule has 0 aliphatic heterocycles. The Labute approximate surface area is 74.3 Å². The Hall–Kier alpha value is -1.72. The fraction of sp³-hybridized carbons (Fsp3) is 0.429. The number of hydrogen-bond acceptors (Lipinski definition) is 5. The minimum absolute atomic E-state index is 0.109. The van der Waals surface area contributed by atoms with Crippen LogP contribution in [0.5, 0.6) is 0 Å². The number of esters is 1. The van der Waals surface area contributed by atoms with Gasteiger partial charge in [-0.2, -0.15) is 0 Å². The predicted octanol–water partition coefficient (Wildman–Crippen LogP) is 0.299. The molecule has 0 amide bonds. The third-order valence-corrected chi connectivity index (χ3v) is 1.10. The minimum Gasteiger partial charge on any atom is -0.463 e. The number of allylic oxidation sites excluding steroid dienone is 1. The summed E-state index contributed by atoms with van der Waals surface area (Å²) in [5.74, 6) is -1.66. The van der Waals surface area contributed by atoms with Gasteiger partial charge in [0.1, 0.15) is 6.08 Å². The fourth-order valence-corrected chi connectivity index (χ4v) is 0.578. The van der Waals surface area contributed by atoms with Crippen molar-refractivity contribution in [2.75, 3.05) is 6.61 Å². The van der Waals surface area contributed by atoms with Gasteiger partial charge in [-0.3, -0.25) is 14.9 Å². The van der Waals surface area contributed by atoms with Crippen LogP contribution < -0.4 is 0 Å². The van der Waals surface area contributed by atoms with Crippen LogP contribution in [-0.4, -0.2) is 23.3 Å². The topological polar surface area (TPSA) is 86.5 Å². The van der Waals surface area contributed by atoms with E-state index in [1.165, 1.54) is 0 Å². The second-order valence-electron chi connectivity index (χ2n) is 2.09. The Morgan fingerprint density at radius 2 is 2.08 bits per heavy atom. The molecule has 0 aromatic carbocycles. The van der Waals surface area contributed by atoms with Crippen molar-refractivity contribution >= 4 is 11.8 Å². The van der Waals surface area contributed by atoms with Gasteiger partial charge < -0.3 is 4.74 Å². The smallest absolute Gasteiger partial charge is 0.337 e. The van der Waals surface area contributed by atoms with Crippen molar-refractivity contribution in [3.63, 3.8) is 0 Å². The van der Waals surface area contributed by atoms with Gasteiger partial charge in [-0.15, -0.1) is 0 Å². The highest BCUT2D eigenvalue weighted by molar-refractivity contribution is 5.97. The van der Waals surface area contributed by atoms with Crippen molar-refractivity contribution in [2.24, 2.45) is 0 Å². The van der Waals surface area contributed by atoms with E-state index in [4.69, 9.17) is 0 Å². The first kappa shape index (κ1) is 11.3. The lowest BCUT2D eigenvalue weighted by atomic mass is 10.3. The standard InChI is InChI=1S/C7H9NO5/c1-3-13-7(10)4-6(5(2)9)8(11)12/h4H,3H2,1-2H3. The van der Waals surface area contributed by atoms with Crippen molar-refractivity contribution in [2.45, 2.75) is 13.8 Å². The monoisotopic (exact) mass is 187 g/mol. The molecule has 0 heterocycles. The quantitative estimate of drug-likeness (QED) is 0.273. The maximum Gasteiger partial charge on any atom is 0.337 e. The maximum absolute atomic E-state index is 10.7. The molecule has 0 saturated carbocycles. The van der Waals surface area contributed by atoms with Crippen LogP contribution in [0, 0.1) is 10.1 Å². The average molecular weight is 187 g/mol. The lowest BCUT2D eigenvalue weighted by Gasteiger charge is -1.95. The second-order valence-corrected chi connectivity index (χ2v) is 2.09. The molecule has 0 atom stereocenters. The Balaban J connectivity index is 4.64. The molecule has 0 aromatic heterocycles. The van der Waals surface area contributed by atoms with E-state index in [0.717, 1.165) is 6.92 Å². The Kier molecular flexibility index (Phi) is 4.36. The van der Waals surface area contributed by atoms with Crippen molar-refractivity contribution in [3.05, 3.63) is 21.9 Å². The molecule has 0 unspecified atom stereocenters. The van der Waals surface area contributed by atoms with Gasteiger partial charge in [0.25, 0.3) is 0 Å². The second kappa shape index (κ2) is 5.02. The summed E-state index contributed by atoms with van der Waals surface area (Å²) in [6, 6.07) is 0. The van der Waals surface area contributed by atoms with E-state index in [1.807, 2.05) is 0 Å². The van der Waals surface area contributed by atoms with E-state index >= 15 is 0 Å². The summed E-state index contributed by atoms with van der Waals surface area (Å²) < 4.78 is 4.40. The number of carbonyl (C=O) groups excluding carboxylic acids is 2. The van der Waals surface area contributed by atoms with Crippen molar-refractivity contribution < 1.29 is 19.2 Å². The zero-order valence-electron chi connectivity index (χ0n) is 7.27. The number of carbonyl (C=O) groups is 2. The first-order valence-electron chi connectivity index (χ1n) is 3.52. The molecule has 6 heteroatoms. The Morgan fingerprint density at radius 3 is 2.38 bits per heavy atom. The zero-order valence-corrected chi connectivity index (χ0v) is 7.27. The predicted molar refractivity (Wildman–Crippen MR) is 42.4 cm³/mol. The van der Waals surface area contributed by atoms with Crippen LogP contribution in [0.1, 0.15) is 13.8 Å². The van der Waals surface area contributed by atoms with Gasteiger partial charge in [0, 0.05) is 6.92 Å². The lowest BCUT2D eigenvalue weighted by Crippen LogP contribution is -2.11. The van der Waals surface area contributed by atoms with Gasteiger partial charge in [0.15, 0.2) is 0 Å². The molecule has 0 spiro atoms. The first-order valence-corrected chi connectivity index (χ1v) is 3.52. The number of nitro groups is 1. The van der Waals surface area contributed by atoms with E-state index in [1.54, 1.807) is 6.92 Å². The van der Waals surface area contributed by atoms with Crippen LogP contribution in [0.3, 0.4) is 0 Å². The van der Waals surface area contributed by atoms with Crippen LogP contribution in [0.15, 0.2) is 11.8 Å². The summed E-state index contributed by atoms with van der Waals surface area (Å²) in [7, 11) is 0. The van der Waals surface area contributed by atoms with E-state index in [9.17, 15) is 19.7 Å². The van der Waals surface area contributed by atoms with E-state index in [-0.39, 0.29) is 6.61 Å². The van der Waals surface area contributed by atoms with Gasteiger partial charge in [0.2, 0.25) is 5.78 Å². The Morgan fingerprint density at radius 1 is 1.54 bits per heavy atom. The highest BCUT2D eigenvalue weighted by Crippen LogP contribution is 1.97. The van der Waals surface area contributed by atoms with Crippen LogP contribution in [0.25, 0.3) is 0 Å². The fourth-order valence-electron chi connectivity index (χ4n) is 0.578. The van der Waals surface area contributed by atoms with Crippen molar-refractivity contribution in [1.29, 1.82) is 0 Å². The summed E-state index contributed by atoms with van der Waals surface area (Å²) >= 11 is 0. The number of ketones is 1. The number of hydrogen-bond donors (Lipinski definition) is 0. The molecule has 13 heavy (non-hydrogen) atoms. The van der Waals surface area contributed by atoms with Crippen molar-refractivity contribution in [3.8, 4) is 0 Å². The molecule has 0 rings (SSSR count). The number of Topliss-reactive ketones (excluding diaryl/α,β-unsaturated/α-hetero) is 1. The molecule has 0 aliphatic rings. The van der Waals surface area contributed by atoms with Gasteiger partial charge in [0.05, 0.1) is 11.5 Å². The molecular formula is C7H9NO5. The molecule has 0 N–H and O–H groups in total. The third-order valence-electron chi connectivity index (χ3n) is 1.10. The van der Waals surface area contributed by atoms with E-state index in [0.29, 0.717) is 6.08 Å². The zero-order chi connectivity index (χ0) is 10.4. The van der Waals surface area contributed by atoms with E-state index in [2.05, 4.69) is 4.74 Å². The molecule has 6 nitrogen and oxygen atoms in total. The number of nitrogens with zero attached hydrogens (tertiary/aromatic N) is 1. The van der Waals surface area contributed by atoms with Gasteiger partial charge in [-0.25, -0.2) is 4.79 Å². The first-order chi connectivity index (χ1) is 5.99. The van der Waals surface area contributed by atoms with E-state index < -0.39 is 22.4 Å². The summed E-state index contributed by atoms with van der Waals surface area (Å²) in [6.07, 6.45) is 0.575. The molecule has 0 aliphatic carbocycles. The molecule has 72 valence electrons. The Bertz CT molecular complexity index is 252. The summed E-state index contributed by atoms with van der Waals surface area (Å²) in [6.45, 7) is 2.68. The van der Waals surface area contributed by atoms with Crippen LogP contribution in [0.2, 0.25) is 0 Å². The van der Waals surface area contributed by atoms with Gasteiger partial charge in [-0.1, -0.05) is 0 Å².